The predicted molar refractivity (Wildman–Crippen MR) is 38.4 cm³/mol. The van der Waals surface area contributed by atoms with Crippen molar-refractivity contribution < 1.29 is 19.2 Å². The molecule has 0 bridgehead atoms. The van der Waals surface area contributed by atoms with E-state index in [4.69, 9.17) is 4.74 Å². The molecular formula is C7H14NO3+. The maximum atomic E-state index is 10.8. The summed E-state index contributed by atoms with van der Waals surface area (Å²) in [5.74, 6) is -0.137. The highest BCUT2D eigenvalue weighted by atomic mass is 16.5. The number of hydrogen-bond donors (Lipinski definition) is 1. The van der Waals surface area contributed by atoms with Crippen LogP contribution < -0.4 is 4.90 Å². The van der Waals surface area contributed by atoms with Gasteiger partial charge in [0.15, 0.2) is 6.54 Å². The summed E-state index contributed by atoms with van der Waals surface area (Å²) in [5.41, 5.74) is 0. The smallest absolute Gasteiger partial charge is 0.361 e. The molecule has 0 amide bonds. The van der Waals surface area contributed by atoms with Gasteiger partial charge in [0.05, 0.1) is 20.3 Å². The van der Waals surface area contributed by atoms with Crippen LogP contribution in [0.1, 0.15) is 0 Å². The van der Waals surface area contributed by atoms with E-state index in [0.717, 1.165) is 26.3 Å². The molecule has 64 valence electrons. The molecule has 0 spiro atoms. The van der Waals surface area contributed by atoms with Gasteiger partial charge in [-0.1, -0.05) is 0 Å². The second kappa shape index (κ2) is 4.31. The van der Waals surface area contributed by atoms with Crippen molar-refractivity contribution in [1.29, 1.82) is 0 Å². The largest absolute Gasteiger partial charge is 0.465 e. The summed E-state index contributed by atoms with van der Waals surface area (Å²) in [7, 11) is 1.42. The van der Waals surface area contributed by atoms with Crippen molar-refractivity contribution in [3.05, 3.63) is 0 Å². The summed E-state index contributed by atoms with van der Waals surface area (Å²) in [4.78, 5) is 12.0. The fourth-order valence-corrected chi connectivity index (χ4v) is 1.11. The van der Waals surface area contributed by atoms with Gasteiger partial charge in [0.25, 0.3) is 0 Å². The zero-order valence-electron chi connectivity index (χ0n) is 6.76. The van der Waals surface area contributed by atoms with Gasteiger partial charge in [-0.3, -0.25) is 0 Å². The Bertz CT molecular complexity index is 132. The van der Waals surface area contributed by atoms with Crippen molar-refractivity contribution >= 4 is 5.97 Å². The number of quaternary nitrogens is 1. The Kier molecular flexibility index (Phi) is 3.32. The number of ether oxygens (including phenoxy) is 2. The Morgan fingerprint density at radius 3 is 2.73 bits per heavy atom. The summed E-state index contributed by atoms with van der Waals surface area (Å²) in [6, 6.07) is 0. The van der Waals surface area contributed by atoms with Gasteiger partial charge in [-0.15, -0.1) is 0 Å². The van der Waals surface area contributed by atoms with E-state index in [2.05, 4.69) is 4.74 Å². The third-order valence-corrected chi connectivity index (χ3v) is 1.82. The molecule has 1 N–H and O–H groups in total. The molecule has 1 aliphatic rings. The lowest BCUT2D eigenvalue weighted by atomic mass is 10.4. The van der Waals surface area contributed by atoms with Crippen LogP contribution in [-0.2, 0) is 14.3 Å². The molecule has 0 radical (unpaired) electrons. The summed E-state index contributed by atoms with van der Waals surface area (Å²) >= 11 is 0. The van der Waals surface area contributed by atoms with Crippen LogP contribution in [0.2, 0.25) is 0 Å². The minimum atomic E-state index is -0.137. The number of nitrogens with one attached hydrogen (secondary N) is 1. The highest BCUT2D eigenvalue weighted by Gasteiger charge is 2.17. The Morgan fingerprint density at radius 2 is 2.18 bits per heavy atom. The van der Waals surface area contributed by atoms with Crippen LogP contribution in [0.5, 0.6) is 0 Å². The van der Waals surface area contributed by atoms with E-state index in [1.807, 2.05) is 0 Å². The average molecular weight is 160 g/mol. The highest BCUT2D eigenvalue weighted by Crippen LogP contribution is 1.75. The molecule has 0 aromatic rings. The molecule has 0 saturated carbocycles. The molecule has 4 heteroatoms. The first-order chi connectivity index (χ1) is 5.33. The van der Waals surface area contributed by atoms with E-state index >= 15 is 0 Å². The molecule has 11 heavy (non-hydrogen) atoms. The minimum absolute atomic E-state index is 0.137. The van der Waals surface area contributed by atoms with E-state index in [0.29, 0.717) is 6.54 Å². The fourth-order valence-electron chi connectivity index (χ4n) is 1.11. The molecule has 4 nitrogen and oxygen atoms in total. The third-order valence-electron chi connectivity index (χ3n) is 1.82. The maximum absolute atomic E-state index is 10.8. The fraction of sp³-hybridized carbons (Fsp3) is 0.857. The van der Waals surface area contributed by atoms with Crippen LogP contribution >= 0.6 is 0 Å². The van der Waals surface area contributed by atoms with Gasteiger partial charge in [0.2, 0.25) is 0 Å². The summed E-state index contributed by atoms with van der Waals surface area (Å²) < 4.78 is 9.69. The monoisotopic (exact) mass is 160 g/mol. The lowest BCUT2D eigenvalue weighted by Crippen LogP contribution is -3.14. The van der Waals surface area contributed by atoms with E-state index in [1.165, 1.54) is 12.0 Å². The van der Waals surface area contributed by atoms with Gasteiger partial charge in [-0.05, 0) is 0 Å². The molecule has 1 saturated heterocycles. The number of esters is 1. The van der Waals surface area contributed by atoms with Crippen molar-refractivity contribution in [1.82, 2.24) is 0 Å². The van der Waals surface area contributed by atoms with Crippen LogP contribution in [-0.4, -0.2) is 45.9 Å². The van der Waals surface area contributed by atoms with Gasteiger partial charge < -0.3 is 14.4 Å². The van der Waals surface area contributed by atoms with Gasteiger partial charge in [-0.25, -0.2) is 4.79 Å². The Labute approximate surface area is 66.1 Å². The molecule has 0 aromatic carbocycles. The van der Waals surface area contributed by atoms with Crippen LogP contribution in [0.15, 0.2) is 0 Å². The topological polar surface area (TPSA) is 40.0 Å². The van der Waals surface area contributed by atoms with Crippen molar-refractivity contribution in [2.24, 2.45) is 0 Å². The van der Waals surface area contributed by atoms with Crippen LogP contribution in [0.4, 0.5) is 0 Å². The lowest BCUT2D eigenvalue weighted by molar-refractivity contribution is -0.900. The van der Waals surface area contributed by atoms with Crippen LogP contribution in [0, 0.1) is 0 Å². The molecule has 1 heterocycles. The molecule has 1 fully saturated rings. The molecule has 1 aliphatic heterocycles. The number of rotatable bonds is 2. The van der Waals surface area contributed by atoms with Crippen molar-refractivity contribution in [2.75, 3.05) is 40.0 Å². The normalized spacial score (nSPS) is 19.7. The Hall–Kier alpha value is -0.610. The van der Waals surface area contributed by atoms with Gasteiger partial charge in [-0.2, -0.15) is 0 Å². The molecule has 0 unspecified atom stereocenters. The van der Waals surface area contributed by atoms with E-state index in [-0.39, 0.29) is 5.97 Å². The third kappa shape index (κ3) is 2.86. The second-order valence-electron chi connectivity index (χ2n) is 2.62. The zero-order chi connectivity index (χ0) is 8.10. The van der Waals surface area contributed by atoms with E-state index in [1.54, 1.807) is 0 Å². The van der Waals surface area contributed by atoms with Crippen LogP contribution in [0.3, 0.4) is 0 Å². The first-order valence-electron chi connectivity index (χ1n) is 3.81. The molecule has 0 atom stereocenters. The van der Waals surface area contributed by atoms with E-state index in [9.17, 15) is 4.79 Å². The molecule has 1 rings (SSSR count). The zero-order valence-corrected chi connectivity index (χ0v) is 6.76. The van der Waals surface area contributed by atoms with Crippen LogP contribution in [0.25, 0.3) is 0 Å². The predicted octanol–water partition coefficient (Wildman–Crippen LogP) is -1.93. The first-order valence-corrected chi connectivity index (χ1v) is 3.81. The SMILES string of the molecule is COC(=O)C[NH+]1CCOCC1. The molecular weight excluding hydrogens is 146 g/mol. The average Bonchev–Trinajstić information content (AvgIpc) is 2.06. The maximum Gasteiger partial charge on any atom is 0.361 e. The minimum Gasteiger partial charge on any atom is -0.465 e. The summed E-state index contributed by atoms with van der Waals surface area (Å²) in [5, 5.41) is 0. The first kappa shape index (κ1) is 8.49. The van der Waals surface area contributed by atoms with Crippen molar-refractivity contribution in [3.63, 3.8) is 0 Å². The highest BCUT2D eigenvalue weighted by molar-refractivity contribution is 5.70. The number of methoxy groups -OCH3 is 1. The standard InChI is InChI=1S/C7H13NO3/c1-10-7(9)6-8-2-4-11-5-3-8/h2-6H2,1H3/p+1. The van der Waals surface area contributed by atoms with Crippen molar-refractivity contribution in [3.8, 4) is 0 Å². The number of carbonyl (C=O) groups excluding carboxylic acids is 1. The number of morpholine rings is 1. The summed E-state index contributed by atoms with van der Waals surface area (Å²) in [6.07, 6.45) is 0. The van der Waals surface area contributed by atoms with Crippen molar-refractivity contribution in [2.45, 2.75) is 0 Å². The van der Waals surface area contributed by atoms with Gasteiger partial charge in [0.1, 0.15) is 13.1 Å². The number of carbonyl (C=O) groups is 1. The molecule has 0 aliphatic carbocycles. The van der Waals surface area contributed by atoms with Gasteiger partial charge >= 0.3 is 5.97 Å². The second-order valence-corrected chi connectivity index (χ2v) is 2.62. The number of hydrogen-bond acceptors (Lipinski definition) is 3. The van der Waals surface area contributed by atoms with E-state index < -0.39 is 0 Å². The Morgan fingerprint density at radius 1 is 1.55 bits per heavy atom. The molecule has 0 aromatic heterocycles. The lowest BCUT2D eigenvalue weighted by Gasteiger charge is -2.22. The Balaban J connectivity index is 2.19. The quantitative estimate of drug-likeness (QED) is 0.478. The summed E-state index contributed by atoms with van der Waals surface area (Å²) in [6.45, 7) is 3.81. The van der Waals surface area contributed by atoms with Gasteiger partial charge in [0, 0.05) is 0 Å².